The average Bonchev–Trinajstić information content (AvgIpc) is 2.86. The van der Waals surface area contributed by atoms with Crippen molar-refractivity contribution in [2.45, 2.75) is 43.8 Å². The van der Waals surface area contributed by atoms with Gasteiger partial charge in [-0.05, 0) is 18.4 Å². The molecule has 12 N–H and O–H groups in total. The smallest absolute Gasteiger partial charge is 0.305 e. The number of hydrazine groups is 1. The molecule has 15 heteroatoms. The predicted molar refractivity (Wildman–Crippen MR) is 134 cm³/mol. The summed E-state index contributed by atoms with van der Waals surface area (Å²) in [5.41, 5.74) is 8.26. The quantitative estimate of drug-likeness (QED) is 0.0339. The molecule has 0 bridgehead atoms. The first kappa shape index (κ1) is 30.8. The molecule has 0 unspecified atom stereocenters. The van der Waals surface area contributed by atoms with E-state index in [9.17, 15) is 29.1 Å². The van der Waals surface area contributed by atoms with E-state index in [0.717, 1.165) is 5.56 Å². The number of carboxylic acid groups (broad SMARTS) is 1. The lowest BCUT2D eigenvalue weighted by atomic mass is 10.0. The minimum absolute atomic E-state index is 0.144. The molecule has 0 heterocycles. The molecule has 0 radical (unpaired) electrons. The fourth-order valence-electron chi connectivity index (χ4n) is 3.24. The van der Waals surface area contributed by atoms with Gasteiger partial charge in [0.05, 0.1) is 19.0 Å². The number of carbonyl (C=O) groups excluding carboxylic acids is 4. The molecular formula is C22H35N9O6. The summed E-state index contributed by atoms with van der Waals surface area (Å²) in [5, 5.41) is 28.4. The predicted octanol–water partition coefficient (Wildman–Crippen LogP) is -3.37. The van der Waals surface area contributed by atoms with Crippen molar-refractivity contribution in [1.82, 2.24) is 32.0 Å². The monoisotopic (exact) mass is 521 g/mol. The summed E-state index contributed by atoms with van der Waals surface area (Å²) in [6, 6.07) is 5.53. The van der Waals surface area contributed by atoms with Crippen molar-refractivity contribution in [2.75, 3.05) is 20.1 Å². The van der Waals surface area contributed by atoms with E-state index in [1.54, 1.807) is 30.3 Å². The number of aliphatic carboxylic acids is 1. The summed E-state index contributed by atoms with van der Waals surface area (Å²) in [4.78, 5) is 61.1. The molecule has 15 nitrogen and oxygen atoms in total. The molecule has 1 rings (SSSR count). The zero-order chi connectivity index (χ0) is 27.8. The summed E-state index contributed by atoms with van der Waals surface area (Å²) < 4.78 is 0. The second-order valence-corrected chi connectivity index (χ2v) is 8.00. The molecule has 1 aromatic rings. The maximum absolute atomic E-state index is 12.8. The lowest BCUT2D eigenvalue weighted by molar-refractivity contribution is -0.141. The maximum atomic E-state index is 12.8. The van der Waals surface area contributed by atoms with Gasteiger partial charge in [-0.15, -0.1) is 0 Å². The summed E-state index contributed by atoms with van der Waals surface area (Å²) in [6.45, 7) is -0.205. The van der Waals surface area contributed by atoms with Crippen LogP contribution in [0.4, 0.5) is 0 Å². The molecule has 204 valence electrons. The Morgan fingerprint density at radius 3 is 2.19 bits per heavy atom. The van der Waals surface area contributed by atoms with Gasteiger partial charge in [0, 0.05) is 20.0 Å². The number of nitrogens with one attached hydrogen (secondary N) is 7. The van der Waals surface area contributed by atoms with Gasteiger partial charge in [0.2, 0.25) is 23.6 Å². The molecule has 0 saturated heterocycles. The Balaban J connectivity index is 2.72. The minimum atomic E-state index is -1.49. The fourth-order valence-corrected chi connectivity index (χ4v) is 3.24. The summed E-state index contributed by atoms with van der Waals surface area (Å²) in [5.74, 6) is 1.05. The molecule has 0 spiro atoms. The zero-order valence-corrected chi connectivity index (χ0v) is 20.5. The van der Waals surface area contributed by atoms with Gasteiger partial charge in [-0.2, -0.15) is 0 Å². The first-order chi connectivity index (χ1) is 17.6. The molecular weight excluding hydrogens is 486 g/mol. The van der Waals surface area contributed by atoms with Gasteiger partial charge < -0.3 is 37.4 Å². The van der Waals surface area contributed by atoms with Crippen LogP contribution < -0.4 is 43.6 Å². The summed E-state index contributed by atoms with van der Waals surface area (Å²) in [6.07, 6.45) is 0.125. The van der Waals surface area contributed by atoms with Gasteiger partial charge in [-0.1, -0.05) is 30.3 Å². The Bertz CT molecular complexity index is 944. The lowest BCUT2D eigenvalue weighted by Gasteiger charge is -2.22. The first-order valence-electron chi connectivity index (χ1n) is 11.5. The van der Waals surface area contributed by atoms with Crippen LogP contribution in [0.15, 0.2) is 30.3 Å². The molecule has 1 aromatic carbocycles. The van der Waals surface area contributed by atoms with E-state index in [0.29, 0.717) is 13.0 Å². The fraction of sp³-hybridized carbons (Fsp3) is 0.455. The van der Waals surface area contributed by atoms with Crippen molar-refractivity contribution in [1.29, 1.82) is 5.41 Å². The number of nitrogens with two attached hydrogens (primary N) is 2. The number of hydrogen-bond acceptors (Lipinski definition) is 8. The molecule has 0 aromatic heterocycles. The third-order valence-corrected chi connectivity index (χ3v) is 5.12. The van der Waals surface area contributed by atoms with Gasteiger partial charge in [0.15, 0.2) is 5.96 Å². The third kappa shape index (κ3) is 12.3. The van der Waals surface area contributed by atoms with E-state index in [4.69, 9.17) is 17.0 Å². The summed E-state index contributed by atoms with van der Waals surface area (Å²) >= 11 is 0. The van der Waals surface area contributed by atoms with Crippen molar-refractivity contribution < 1.29 is 29.1 Å². The van der Waals surface area contributed by atoms with Crippen molar-refractivity contribution in [3.63, 3.8) is 0 Å². The highest BCUT2D eigenvalue weighted by Crippen LogP contribution is 2.05. The number of carboxylic acids is 1. The van der Waals surface area contributed by atoms with Crippen molar-refractivity contribution in [3.8, 4) is 0 Å². The average molecular weight is 522 g/mol. The van der Waals surface area contributed by atoms with E-state index >= 15 is 0 Å². The van der Waals surface area contributed by atoms with E-state index in [-0.39, 0.29) is 18.8 Å². The second kappa shape index (κ2) is 16.4. The summed E-state index contributed by atoms with van der Waals surface area (Å²) in [7, 11) is 1.40. The van der Waals surface area contributed by atoms with Gasteiger partial charge in [0.25, 0.3) is 0 Å². The van der Waals surface area contributed by atoms with E-state index in [1.165, 1.54) is 7.05 Å². The highest BCUT2D eigenvalue weighted by Gasteiger charge is 2.28. The number of hydrogen-bond donors (Lipinski definition) is 10. The van der Waals surface area contributed by atoms with E-state index < -0.39 is 60.7 Å². The number of carbonyl (C=O) groups is 5. The van der Waals surface area contributed by atoms with Crippen LogP contribution in [-0.2, 0) is 30.4 Å². The van der Waals surface area contributed by atoms with Gasteiger partial charge in [0.1, 0.15) is 12.1 Å². The molecule has 0 aliphatic heterocycles. The van der Waals surface area contributed by atoms with Gasteiger partial charge in [-0.25, -0.2) is 5.43 Å². The number of rotatable bonds is 16. The Labute approximate surface area is 214 Å². The van der Waals surface area contributed by atoms with E-state index in [2.05, 4.69) is 32.0 Å². The van der Waals surface area contributed by atoms with Crippen LogP contribution >= 0.6 is 0 Å². The van der Waals surface area contributed by atoms with Crippen LogP contribution in [0.25, 0.3) is 0 Å². The number of guanidine groups is 1. The van der Waals surface area contributed by atoms with Crippen LogP contribution in [0.2, 0.25) is 0 Å². The molecule has 0 fully saturated rings. The third-order valence-electron chi connectivity index (χ3n) is 5.12. The highest BCUT2D eigenvalue weighted by atomic mass is 16.4. The standard InChI is InChI=1S/C22H35N9O6/c1-26-19(35)15(10-13-6-3-2-4-7-13)30-21(37)16(11-18(33)34)29-17(32)12-28-20(36)14(31-25)8-5-9-27-22(23)24/h2-4,6-7,14-16,31H,5,8-12,25H2,1H3,(H,26,35)(H,28,36)(H,29,32)(H,30,37)(H,33,34)(H4,23,24,27)/t14-,15+,16-/m0/s1. The molecule has 0 saturated carbocycles. The molecule has 3 atom stereocenters. The maximum Gasteiger partial charge on any atom is 0.305 e. The van der Waals surface area contributed by atoms with Crippen molar-refractivity contribution in [2.24, 2.45) is 11.6 Å². The van der Waals surface area contributed by atoms with Crippen LogP contribution in [0.3, 0.4) is 0 Å². The van der Waals surface area contributed by atoms with Crippen LogP contribution in [0.5, 0.6) is 0 Å². The van der Waals surface area contributed by atoms with E-state index in [1.807, 2.05) is 0 Å². The largest absolute Gasteiger partial charge is 0.481 e. The normalized spacial score (nSPS) is 12.8. The van der Waals surface area contributed by atoms with Crippen LogP contribution in [0, 0.1) is 5.41 Å². The minimum Gasteiger partial charge on any atom is -0.481 e. The van der Waals surface area contributed by atoms with Crippen molar-refractivity contribution >= 4 is 35.6 Å². The van der Waals surface area contributed by atoms with Crippen LogP contribution in [0.1, 0.15) is 24.8 Å². The Kier molecular flexibility index (Phi) is 13.7. The molecule has 4 amide bonds. The number of likely N-dealkylation sites (N-methyl/N-ethyl adjacent to an activating group) is 1. The molecule has 37 heavy (non-hydrogen) atoms. The zero-order valence-electron chi connectivity index (χ0n) is 20.5. The first-order valence-corrected chi connectivity index (χ1v) is 11.5. The Morgan fingerprint density at radius 2 is 1.62 bits per heavy atom. The highest BCUT2D eigenvalue weighted by molar-refractivity contribution is 5.95. The van der Waals surface area contributed by atoms with Crippen molar-refractivity contribution in [3.05, 3.63) is 35.9 Å². The van der Waals surface area contributed by atoms with Gasteiger partial charge in [-0.3, -0.25) is 35.2 Å². The number of benzene rings is 1. The SMILES string of the molecule is CNC(=O)[C@@H](Cc1ccccc1)NC(=O)[C@H](CC(=O)O)NC(=O)CNC(=O)[C@H](CCCNC(=N)N)NN. The second-order valence-electron chi connectivity index (χ2n) is 8.00. The van der Waals surface area contributed by atoms with Crippen LogP contribution in [-0.4, -0.2) is 78.9 Å². The number of amides is 4. The molecule has 0 aliphatic rings. The van der Waals surface area contributed by atoms with Gasteiger partial charge >= 0.3 is 5.97 Å². The Hall–Kier alpha value is -4.24. The topological polar surface area (TPSA) is 254 Å². The molecule has 0 aliphatic carbocycles. The Morgan fingerprint density at radius 1 is 0.946 bits per heavy atom. The lowest BCUT2D eigenvalue weighted by Crippen LogP contribution is -2.56.